The topological polar surface area (TPSA) is 64.4 Å². The number of nitrogens with one attached hydrogen (secondary N) is 1. The molecule has 1 aliphatic heterocycles. The van der Waals surface area contributed by atoms with Crippen molar-refractivity contribution in [3.8, 4) is 0 Å². The number of amides is 1. The van der Waals surface area contributed by atoms with Gasteiger partial charge in [-0.2, -0.15) is 0 Å². The van der Waals surface area contributed by atoms with Gasteiger partial charge >= 0.3 is 0 Å². The standard InChI is InChI=1S/C14H28N2O2/c1-2-3-12(6-8-15)4-5-14(17)16-10-13-7-9-18-11-13/h12-13H,2-11,15H2,1H3,(H,16,17). The maximum Gasteiger partial charge on any atom is 0.220 e. The van der Waals surface area contributed by atoms with Crippen LogP contribution in [0, 0.1) is 11.8 Å². The summed E-state index contributed by atoms with van der Waals surface area (Å²) in [7, 11) is 0. The summed E-state index contributed by atoms with van der Waals surface area (Å²) >= 11 is 0. The number of nitrogens with two attached hydrogens (primary N) is 1. The third-order valence-corrected chi connectivity index (χ3v) is 3.66. The molecule has 4 nitrogen and oxygen atoms in total. The Morgan fingerprint density at radius 1 is 1.44 bits per heavy atom. The highest BCUT2D eigenvalue weighted by Crippen LogP contribution is 2.17. The van der Waals surface area contributed by atoms with E-state index in [9.17, 15) is 4.79 Å². The lowest BCUT2D eigenvalue weighted by Gasteiger charge is -2.15. The normalized spacial score (nSPS) is 20.9. The first-order valence-corrected chi connectivity index (χ1v) is 7.30. The molecular formula is C14H28N2O2. The van der Waals surface area contributed by atoms with Crippen LogP contribution in [0.15, 0.2) is 0 Å². The Morgan fingerprint density at radius 3 is 2.89 bits per heavy atom. The van der Waals surface area contributed by atoms with Crippen molar-refractivity contribution >= 4 is 5.91 Å². The molecule has 0 bridgehead atoms. The summed E-state index contributed by atoms with van der Waals surface area (Å²) in [5.41, 5.74) is 5.59. The van der Waals surface area contributed by atoms with Gasteiger partial charge in [0.15, 0.2) is 0 Å². The number of ether oxygens (including phenoxy) is 1. The molecular weight excluding hydrogens is 228 g/mol. The third kappa shape index (κ3) is 6.36. The van der Waals surface area contributed by atoms with Crippen molar-refractivity contribution in [1.82, 2.24) is 5.32 Å². The molecule has 1 amide bonds. The summed E-state index contributed by atoms with van der Waals surface area (Å²) in [5, 5.41) is 3.01. The minimum atomic E-state index is 0.181. The zero-order chi connectivity index (χ0) is 13.2. The fourth-order valence-electron chi connectivity index (χ4n) is 2.50. The van der Waals surface area contributed by atoms with Crippen LogP contribution in [0.2, 0.25) is 0 Å². The molecule has 1 saturated heterocycles. The molecule has 1 heterocycles. The monoisotopic (exact) mass is 256 g/mol. The Bertz CT molecular complexity index is 222. The quantitative estimate of drug-likeness (QED) is 0.660. The average Bonchev–Trinajstić information content (AvgIpc) is 2.87. The van der Waals surface area contributed by atoms with E-state index in [2.05, 4.69) is 12.2 Å². The highest BCUT2D eigenvalue weighted by Gasteiger charge is 2.16. The van der Waals surface area contributed by atoms with Crippen LogP contribution in [0.3, 0.4) is 0 Å². The van der Waals surface area contributed by atoms with Gasteiger partial charge < -0.3 is 15.8 Å². The minimum absolute atomic E-state index is 0.181. The van der Waals surface area contributed by atoms with E-state index in [1.54, 1.807) is 0 Å². The number of hydrogen-bond donors (Lipinski definition) is 2. The van der Waals surface area contributed by atoms with Crippen LogP contribution < -0.4 is 11.1 Å². The lowest BCUT2D eigenvalue weighted by molar-refractivity contribution is -0.121. The second-order valence-corrected chi connectivity index (χ2v) is 5.30. The second-order valence-electron chi connectivity index (χ2n) is 5.30. The van der Waals surface area contributed by atoms with Gasteiger partial charge in [0.25, 0.3) is 0 Å². The molecule has 18 heavy (non-hydrogen) atoms. The van der Waals surface area contributed by atoms with Gasteiger partial charge in [-0.25, -0.2) is 0 Å². The van der Waals surface area contributed by atoms with Gasteiger partial charge in [0, 0.05) is 25.5 Å². The Kier molecular flexibility index (Phi) is 8.01. The lowest BCUT2D eigenvalue weighted by Crippen LogP contribution is -2.29. The Labute approximate surface area is 111 Å². The molecule has 1 fully saturated rings. The van der Waals surface area contributed by atoms with E-state index in [0.717, 1.165) is 45.6 Å². The highest BCUT2D eigenvalue weighted by atomic mass is 16.5. The Balaban J connectivity index is 2.10. The van der Waals surface area contributed by atoms with Crippen molar-refractivity contribution < 1.29 is 9.53 Å². The molecule has 2 atom stereocenters. The van der Waals surface area contributed by atoms with E-state index in [1.807, 2.05) is 0 Å². The fraction of sp³-hybridized carbons (Fsp3) is 0.929. The number of hydrogen-bond acceptors (Lipinski definition) is 3. The van der Waals surface area contributed by atoms with Crippen LogP contribution >= 0.6 is 0 Å². The van der Waals surface area contributed by atoms with Crippen molar-refractivity contribution in [3.63, 3.8) is 0 Å². The first-order valence-electron chi connectivity index (χ1n) is 7.30. The second kappa shape index (κ2) is 9.34. The Hall–Kier alpha value is -0.610. The third-order valence-electron chi connectivity index (χ3n) is 3.66. The SMILES string of the molecule is CCCC(CCN)CCC(=O)NCC1CCOC1. The first kappa shape index (κ1) is 15.4. The first-order chi connectivity index (χ1) is 8.76. The lowest BCUT2D eigenvalue weighted by atomic mass is 9.94. The van der Waals surface area contributed by atoms with Crippen LogP contribution in [-0.4, -0.2) is 32.2 Å². The predicted octanol–water partition coefficient (Wildman–Crippen LogP) is 1.68. The van der Waals surface area contributed by atoms with Gasteiger partial charge in [-0.1, -0.05) is 19.8 Å². The van der Waals surface area contributed by atoms with Crippen molar-refractivity contribution in [2.45, 2.75) is 45.4 Å². The zero-order valence-corrected chi connectivity index (χ0v) is 11.6. The fourth-order valence-corrected chi connectivity index (χ4v) is 2.50. The molecule has 0 aromatic heterocycles. The molecule has 4 heteroatoms. The van der Waals surface area contributed by atoms with Gasteiger partial charge in [-0.15, -0.1) is 0 Å². The van der Waals surface area contributed by atoms with Crippen LogP contribution in [0.5, 0.6) is 0 Å². The van der Waals surface area contributed by atoms with Crippen molar-refractivity contribution in [2.75, 3.05) is 26.3 Å². The molecule has 0 aliphatic carbocycles. The van der Waals surface area contributed by atoms with Crippen molar-refractivity contribution in [3.05, 3.63) is 0 Å². The molecule has 2 unspecified atom stereocenters. The maximum absolute atomic E-state index is 11.7. The largest absolute Gasteiger partial charge is 0.381 e. The van der Waals surface area contributed by atoms with E-state index in [1.165, 1.54) is 12.8 Å². The molecule has 0 spiro atoms. The van der Waals surface area contributed by atoms with Gasteiger partial charge in [0.2, 0.25) is 5.91 Å². The molecule has 0 aromatic carbocycles. The minimum Gasteiger partial charge on any atom is -0.381 e. The summed E-state index contributed by atoms with van der Waals surface area (Å²) in [6, 6.07) is 0. The predicted molar refractivity (Wildman–Crippen MR) is 73.2 cm³/mol. The Morgan fingerprint density at radius 2 is 2.28 bits per heavy atom. The smallest absolute Gasteiger partial charge is 0.220 e. The number of carbonyl (C=O) groups excluding carboxylic acids is 1. The van der Waals surface area contributed by atoms with E-state index in [-0.39, 0.29) is 5.91 Å². The van der Waals surface area contributed by atoms with Crippen molar-refractivity contribution in [1.29, 1.82) is 0 Å². The van der Waals surface area contributed by atoms with Crippen molar-refractivity contribution in [2.24, 2.45) is 17.6 Å². The zero-order valence-electron chi connectivity index (χ0n) is 11.6. The van der Waals surface area contributed by atoms with E-state index >= 15 is 0 Å². The van der Waals surface area contributed by atoms with Gasteiger partial charge in [-0.05, 0) is 31.7 Å². The summed E-state index contributed by atoms with van der Waals surface area (Å²) < 4.78 is 5.29. The van der Waals surface area contributed by atoms with Gasteiger partial charge in [-0.3, -0.25) is 4.79 Å². The summed E-state index contributed by atoms with van der Waals surface area (Å²) in [5.74, 6) is 1.31. The number of rotatable bonds is 9. The molecule has 0 aromatic rings. The molecule has 0 radical (unpaired) electrons. The van der Waals surface area contributed by atoms with Crippen LogP contribution in [0.1, 0.15) is 45.4 Å². The highest BCUT2D eigenvalue weighted by molar-refractivity contribution is 5.75. The summed E-state index contributed by atoms with van der Waals surface area (Å²) in [4.78, 5) is 11.7. The molecule has 1 rings (SSSR count). The van der Waals surface area contributed by atoms with Crippen LogP contribution in [0.4, 0.5) is 0 Å². The summed E-state index contributed by atoms with van der Waals surface area (Å²) in [6.45, 7) is 5.32. The summed E-state index contributed by atoms with van der Waals surface area (Å²) in [6.07, 6.45) is 6.08. The van der Waals surface area contributed by atoms with Crippen LogP contribution in [-0.2, 0) is 9.53 Å². The average molecular weight is 256 g/mol. The maximum atomic E-state index is 11.7. The van der Waals surface area contributed by atoms with Crippen LogP contribution in [0.25, 0.3) is 0 Å². The molecule has 106 valence electrons. The van der Waals surface area contributed by atoms with Gasteiger partial charge in [0.1, 0.15) is 0 Å². The number of carbonyl (C=O) groups is 1. The van der Waals surface area contributed by atoms with E-state index in [0.29, 0.717) is 18.3 Å². The molecule has 3 N–H and O–H groups in total. The van der Waals surface area contributed by atoms with Gasteiger partial charge in [0.05, 0.1) is 6.61 Å². The van der Waals surface area contributed by atoms with E-state index in [4.69, 9.17) is 10.5 Å². The molecule has 1 aliphatic rings. The molecule has 0 saturated carbocycles. The van der Waals surface area contributed by atoms with E-state index < -0.39 is 0 Å².